The van der Waals surface area contributed by atoms with Gasteiger partial charge in [-0.05, 0) is 52.4 Å². The van der Waals surface area contributed by atoms with Crippen LogP contribution in [0, 0.1) is 0 Å². The van der Waals surface area contributed by atoms with E-state index in [0.717, 1.165) is 31.7 Å². The highest BCUT2D eigenvalue weighted by Crippen LogP contribution is 2.19. The van der Waals surface area contributed by atoms with Gasteiger partial charge in [0.05, 0.1) is 5.03 Å². The fraction of sp³-hybridized carbons (Fsp3) is 0.200. The number of halogens is 2. The molecular formula is C15H13Br2NOS. The van der Waals surface area contributed by atoms with Gasteiger partial charge >= 0.3 is 0 Å². The minimum absolute atomic E-state index is 0.196. The number of carbonyl (C=O) groups excluding carboxylic acids is 1. The van der Waals surface area contributed by atoms with Crippen molar-refractivity contribution in [3.8, 4) is 0 Å². The number of rotatable bonds is 6. The van der Waals surface area contributed by atoms with Gasteiger partial charge in [-0.2, -0.15) is 0 Å². The molecule has 0 amide bonds. The minimum atomic E-state index is 0.196. The number of carbonyl (C=O) groups is 1. The summed E-state index contributed by atoms with van der Waals surface area (Å²) in [6, 6.07) is 11.5. The number of thioether (sulfide) groups is 1. The lowest BCUT2D eigenvalue weighted by atomic mass is 10.1. The zero-order chi connectivity index (χ0) is 14.4. The molecule has 0 aliphatic heterocycles. The van der Waals surface area contributed by atoms with Gasteiger partial charge in [-0.15, -0.1) is 11.8 Å². The summed E-state index contributed by atoms with van der Waals surface area (Å²) in [6.07, 6.45) is 3.22. The van der Waals surface area contributed by atoms with E-state index in [-0.39, 0.29) is 5.78 Å². The van der Waals surface area contributed by atoms with Crippen LogP contribution in [0.2, 0.25) is 0 Å². The summed E-state index contributed by atoms with van der Waals surface area (Å²) in [7, 11) is 0. The molecule has 0 N–H and O–H groups in total. The van der Waals surface area contributed by atoms with Gasteiger partial charge in [0.15, 0.2) is 5.78 Å². The summed E-state index contributed by atoms with van der Waals surface area (Å²) in [4.78, 5) is 16.3. The Kier molecular flexibility index (Phi) is 6.26. The fourth-order valence-corrected chi connectivity index (χ4v) is 2.93. The molecule has 2 rings (SSSR count). The van der Waals surface area contributed by atoms with Gasteiger partial charge in [0.2, 0.25) is 0 Å². The van der Waals surface area contributed by atoms with E-state index in [9.17, 15) is 4.79 Å². The molecular weight excluding hydrogens is 402 g/mol. The molecule has 104 valence electrons. The van der Waals surface area contributed by atoms with Gasteiger partial charge in [-0.1, -0.05) is 28.1 Å². The van der Waals surface area contributed by atoms with Crippen LogP contribution in [0.25, 0.3) is 0 Å². The first-order valence-electron chi connectivity index (χ1n) is 6.18. The first-order valence-corrected chi connectivity index (χ1v) is 8.75. The summed E-state index contributed by atoms with van der Waals surface area (Å²) >= 11 is 8.40. The van der Waals surface area contributed by atoms with E-state index in [1.807, 2.05) is 36.4 Å². The molecule has 1 aromatic carbocycles. The summed E-state index contributed by atoms with van der Waals surface area (Å²) in [5, 5.41) is 0.990. The first kappa shape index (κ1) is 15.7. The first-order chi connectivity index (χ1) is 9.65. The lowest BCUT2D eigenvalue weighted by Gasteiger charge is -2.02. The predicted molar refractivity (Wildman–Crippen MR) is 90.4 cm³/mol. The Morgan fingerprint density at radius 1 is 1.05 bits per heavy atom. The minimum Gasteiger partial charge on any atom is -0.294 e. The summed E-state index contributed by atoms with van der Waals surface area (Å²) in [6.45, 7) is 0. The largest absolute Gasteiger partial charge is 0.294 e. The van der Waals surface area contributed by atoms with Crippen molar-refractivity contribution in [2.45, 2.75) is 17.9 Å². The van der Waals surface area contributed by atoms with Crippen molar-refractivity contribution in [3.05, 3.63) is 57.1 Å². The van der Waals surface area contributed by atoms with E-state index in [1.165, 1.54) is 0 Å². The molecule has 0 saturated heterocycles. The second kappa shape index (κ2) is 7.96. The highest BCUT2D eigenvalue weighted by molar-refractivity contribution is 9.10. The highest BCUT2D eigenvalue weighted by Gasteiger charge is 2.05. The standard InChI is InChI=1S/C15H13Br2NOS/c16-12-5-3-11(4-6-12)14(19)2-1-9-20-15-8-7-13(17)10-18-15/h3-8,10H,1-2,9H2. The number of hydrogen-bond acceptors (Lipinski definition) is 3. The lowest BCUT2D eigenvalue weighted by Crippen LogP contribution is -1.99. The summed E-state index contributed by atoms with van der Waals surface area (Å²) < 4.78 is 1.97. The average molecular weight is 415 g/mol. The normalized spacial score (nSPS) is 10.5. The molecule has 0 unspecified atom stereocenters. The maximum absolute atomic E-state index is 12.0. The van der Waals surface area contributed by atoms with Crippen molar-refractivity contribution in [2.24, 2.45) is 0 Å². The number of aromatic nitrogens is 1. The molecule has 0 radical (unpaired) electrons. The highest BCUT2D eigenvalue weighted by atomic mass is 79.9. The molecule has 20 heavy (non-hydrogen) atoms. The Morgan fingerprint density at radius 2 is 1.75 bits per heavy atom. The third-order valence-electron chi connectivity index (χ3n) is 2.66. The fourth-order valence-electron chi connectivity index (χ4n) is 1.64. The van der Waals surface area contributed by atoms with Crippen molar-refractivity contribution in [1.82, 2.24) is 4.98 Å². The van der Waals surface area contributed by atoms with Crippen LogP contribution in [-0.4, -0.2) is 16.5 Å². The lowest BCUT2D eigenvalue weighted by molar-refractivity contribution is 0.0982. The van der Waals surface area contributed by atoms with Crippen LogP contribution in [0.3, 0.4) is 0 Å². The number of nitrogens with zero attached hydrogens (tertiary/aromatic N) is 1. The molecule has 2 nitrogen and oxygen atoms in total. The SMILES string of the molecule is O=C(CCCSc1ccc(Br)cn1)c1ccc(Br)cc1. The Bertz CT molecular complexity index is 569. The maximum atomic E-state index is 12.0. The predicted octanol–water partition coefficient (Wildman–Crippen LogP) is 5.36. The molecule has 1 aromatic heterocycles. The van der Waals surface area contributed by atoms with Crippen LogP contribution in [-0.2, 0) is 0 Å². The number of benzene rings is 1. The van der Waals surface area contributed by atoms with Gasteiger partial charge in [0.1, 0.15) is 0 Å². The van der Waals surface area contributed by atoms with Crippen molar-refractivity contribution < 1.29 is 4.79 Å². The second-order valence-electron chi connectivity index (χ2n) is 4.20. The molecule has 0 fully saturated rings. The van der Waals surface area contributed by atoms with Crippen LogP contribution in [0.1, 0.15) is 23.2 Å². The van der Waals surface area contributed by atoms with Crippen molar-refractivity contribution >= 4 is 49.4 Å². The van der Waals surface area contributed by atoms with E-state index >= 15 is 0 Å². The van der Waals surface area contributed by atoms with E-state index in [1.54, 1.807) is 18.0 Å². The van der Waals surface area contributed by atoms with Crippen LogP contribution < -0.4 is 0 Å². The molecule has 5 heteroatoms. The maximum Gasteiger partial charge on any atom is 0.162 e. The molecule has 0 bridgehead atoms. The van der Waals surface area contributed by atoms with Crippen LogP contribution >= 0.6 is 43.6 Å². The molecule has 0 aliphatic carbocycles. The quantitative estimate of drug-likeness (QED) is 0.362. The van der Waals surface area contributed by atoms with Crippen molar-refractivity contribution in [3.63, 3.8) is 0 Å². The Labute approximate surface area is 139 Å². The number of ketones is 1. The Balaban J connectivity index is 1.74. The molecule has 0 spiro atoms. The van der Waals surface area contributed by atoms with Crippen LogP contribution in [0.5, 0.6) is 0 Å². The van der Waals surface area contributed by atoms with Gasteiger partial charge in [0, 0.05) is 27.1 Å². The van der Waals surface area contributed by atoms with Crippen LogP contribution in [0.15, 0.2) is 56.6 Å². The number of hydrogen-bond donors (Lipinski definition) is 0. The molecule has 0 atom stereocenters. The van der Waals surface area contributed by atoms with E-state index < -0.39 is 0 Å². The third kappa shape index (κ3) is 5.04. The average Bonchev–Trinajstić information content (AvgIpc) is 2.46. The third-order valence-corrected chi connectivity index (χ3v) is 4.69. The summed E-state index contributed by atoms with van der Waals surface area (Å²) in [5.74, 6) is 1.10. The van der Waals surface area contributed by atoms with Gasteiger partial charge < -0.3 is 0 Å². The number of pyridine rings is 1. The molecule has 0 saturated carbocycles. The van der Waals surface area contributed by atoms with Gasteiger partial charge in [-0.3, -0.25) is 4.79 Å². The van der Waals surface area contributed by atoms with Crippen LogP contribution in [0.4, 0.5) is 0 Å². The van der Waals surface area contributed by atoms with E-state index in [2.05, 4.69) is 36.8 Å². The Hall–Kier alpha value is -0.650. The molecule has 0 aliphatic rings. The Morgan fingerprint density at radius 3 is 2.40 bits per heavy atom. The van der Waals surface area contributed by atoms with E-state index in [4.69, 9.17) is 0 Å². The van der Waals surface area contributed by atoms with Gasteiger partial charge in [0.25, 0.3) is 0 Å². The van der Waals surface area contributed by atoms with Crippen molar-refractivity contribution in [1.29, 1.82) is 0 Å². The van der Waals surface area contributed by atoms with Crippen molar-refractivity contribution in [2.75, 3.05) is 5.75 Å². The number of Topliss-reactive ketones (excluding diaryl/α,β-unsaturated/α-hetero) is 1. The molecule has 1 heterocycles. The smallest absolute Gasteiger partial charge is 0.162 e. The zero-order valence-corrected chi connectivity index (χ0v) is 14.7. The summed E-state index contributed by atoms with van der Waals surface area (Å²) in [5.41, 5.74) is 0.778. The second-order valence-corrected chi connectivity index (χ2v) is 7.14. The zero-order valence-electron chi connectivity index (χ0n) is 10.7. The van der Waals surface area contributed by atoms with Gasteiger partial charge in [-0.25, -0.2) is 4.98 Å². The van der Waals surface area contributed by atoms with E-state index in [0.29, 0.717) is 6.42 Å². The molecule has 2 aromatic rings. The monoisotopic (exact) mass is 413 g/mol. The topological polar surface area (TPSA) is 30.0 Å².